The lowest BCUT2D eigenvalue weighted by atomic mass is 9.80. The number of rotatable bonds is 11. The van der Waals surface area contributed by atoms with Gasteiger partial charge in [-0.25, -0.2) is 0 Å². The minimum absolute atomic E-state index is 0.101. The maximum atomic E-state index is 12.9. The first-order valence-corrected chi connectivity index (χ1v) is 11.4. The van der Waals surface area contributed by atoms with Gasteiger partial charge < -0.3 is 31.1 Å². The first-order valence-electron chi connectivity index (χ1n) is 11.4. The maximum absolute atomic E-state index is 12.9. The quantitative estimate of drug-likeness (QED) is 0.133. The van der Waals surface area contributed by atoms with Crippen molar-refractivity contribution < 1.29 is 29.0 Å². The third-order valence-corrected chi connectivity index (χ3v) is 6.16. The van der Waals surface area contributed by atoms with Gasteiger partial charge in [0.15, 0.2) is 0 Å². The predicted octanol–water partition coefficient (Wildman–Crippen LogP) is 0.818. The van der Waals surface area contributed by atoms with E-state index >= 15 is 0 Å². The van der Waals surface area contributed by atoms with Crippen LogP contribution in [0, 0.1) is 5.41 Å². The van der Waals surface area contributed by atoms with Crippen molar-refractivity contribution in [3.05, 3.63) is 65.2 Å². The summed E-state index contributed by atoms with van der Waals surface area (Å²) in [5.41, 5.74) is 5.57. The van der Waals surface area contributed by atoms with Gasteiger partial charge in [0.05, 0.1) is 19.1 Å². The van der Waals surface area contributed by atoms with Crippen molar-refractivity contribution in [1.82, 2.24) is 15.5 Å². The van der Waals surface area contributed by atoms with Crippen LogP contribution in [0.4, 0.5) is 0 Å². The monoisotopic (exact) mass is 495 g/mol. The number of amidine groups is 1. The van der Waals surface area contributed by atoms with Crippen molar-refractivity contribution in [1.29, 1.82) is 5.41 Å². The molecule has 36 heavy (non-hydrogen) atoms. The van der Waals surface area contributed by atoms with Crippen LogP contribution < -0.4 is 21.1 Å². The Hall–Kier alpha value is -4.41. The Bertz CT molecular complexity index is 1150. The van der Waals surface area contributed by atoms with E-state index in [1.807, 2.05) is 0 Å². The van der Waals surface area contributed by atoms with E-state index in [1.165, 1.54) is 12.0 Å². The van der Waals surface area contributed by atoms with Gasteiger partial charge in [-0.1, -0.05) is 24.3 Å². The third kappa shape index (κ3) is 5.80. The van der Waals surface area contributed by atoms with Crippen molar-refractivity contribution in [2.75, 3.05) is 26.7 Å². The fourth-order valence-electron chi connectivity index (χ4n) is 4.35. The van der Waals surface area contributed by atoms with Crippen molar-refractivity contribution in [2.45, 2.75) is 24.8 Å². The van der Waals surface area contributed by atoms with E-state index < -0.39 is 29.7 Å². The number of amides is 3. The average molecular weight is 496 g/mol. The molecule has 11 heteroatoms. The molecule has 0 aromatic heterocycles. The SMILES string of the molecule is COc1ccc(C(CCCNC(=O)c2ccc(C(=N)N)cc2)(CC(=O)O)N2CCNC(=O)C2=O)cc1. The van der Waals surface area contributed by atoms with E-state index in [0.717, 1.165) is 0 Å². The zero-order chi connectivity index (χ0) is 26.3. The number of nitrogens with zero attached hydrogens (tertiary/aromatic N) is 1. The second-order valence-corrected chi connectivity index (χ2v) is 8.39. The van der Waals surface area contributed by atoms with Gasteiger partial charge in [-0.05, 0) is 42.7 Å². The van der Waals surface area contributed by atoms with Crippen LogP contribution in [-0.2, 0) is 19.9 Å². The number of nitrogens with two attached hydrogens (primary N) is 1. The molecule has 2 aromatic rings. The fraction of sp³-hybridized carbons (Fsp3) is 0.320. The molecule has 0 saturated carbocycles. The molecule has 0 radical (unpaired) electrons. The molecule has 0 aliphatic carbocycles. The van der Waals surface area contributed by atoms with E-state index in [-0.39, 0.29) is 37.8 Å². The van der Waals surface area contributed by atoms with Gasteiger partial charge in [0.2, 0.25) is 0 Å². The number of piperazine rings is 1. The summed E-state index contributed by atoms with van der Waals surface area (Å²) in [7, 11) is 1.51. The molecule has 0 bridgehead atoms. The molecule has 1 fully saturated rings. The molecule has 11 nitrogen and oxygen atoms in total. The Morgan fingerprint density at radius 1 is 1.14 bits per heavy atom. The molecule has 1 aliphatic rings. The van der Waals surface area contributed by atoms with Crippen LogP contribution in [0.25, 0.3) is 0 Å². The smallest absolute Gasteiger partial charge is 0.312 e. The zero-order valence-electron chi connectivity index (χ0n) is 19.9. The van der Waals surface area contributed by atoms with Gasteiger partial charge in [0.25, 0.3) is 5.91 Å². The number of nitrogens with one attached hydrogen (secondary N) is 3. The molecule has 2 aromatic carbocycles. The summed E-state index contributed by atoms with van der Waals surface area (Å²) >= 11 is 0. The van der Waals surface area contributed by atoms with Crippen LogP contribution in [0.15, 0.2) is 48.5 Å². The zero-order valence-corrected chi connectivity index (χ0v) is 19.9. The Morgan fingerprint density at radius 2 is 1.78 bits per heavy atom. The molecule has 6 N–H and O–H groups in total. The van der Waals surface area contributed by atoms with Gasteiger partial charge in [-0.15, -0.1) is 0 Å². The van der Waals surface area contributed by atoms with E-state index in [2.05, 4.69) is 10.6 Å². The van der Waals surface area contributed by atoms with Gasteiger partial charge in [0.1, 0.15) is 11.6 Å². The maximum Gasteiger partial charge on any atom is 0.312 e. The van der Waals surface area contributed by atoms with Crippen molar-refractivity contribution in [3.63, 3.8) is 0 Å². The summed E-state index contributed by atoms with van der Waals surface area (Å²) in [6.07, 6.45) is 0.106. The Morgan fingerprint density at radius 3 is 2.36 bits per heavy atom. The summed E-state index contributed by atoms with van der Waals surface area (Å²) in [5, 5.41) is 22.5. The first kappa shape index (κ1) is 26.2. The number of nitrogen functional groups attached to an aromatic ring is 1. The van der Waals surface area contributed by atoms with Crippen molar-refractivity contribution in [2.24, 2.45) is 5.73 Å². The molecule has 3 rings (SSSR count). The Balaban J connectivity index is 1.82. The van der Waals surface area contributed by atoms with Crippen molar-refractivity contribution >= 4 is 29.5 Å². The van der Waals surface area contributed by atoms with Crippen LogP contribution in [0.3, 0.4) is 0 Å². The van der Waals surface area contributed by atoms with E-state index in [4.69, 9.17) is 15.9 Å². The predicted molar refractivity (Wildman–Crippen MR) is 131 cm³/mol. The van der Waals surface area contributed by atoms with E-state index in [9.17, 15) is 24.3 Å². The Kier molecular flexibility index (Phi) is 8.26. The lowest BCUT2D eigenvalue weighted by molar-refractivity contribution is -0.157. The lowest BCUT2D eigenvalue weighted by Gasteiger charge is -2.45. The summed E-state index contributed by atoms with van der Waals surface area (Å²) in [6, 6.07) is 13.0. The van der Waals surface area contributed by atoms with Crippen LogP contribution in [0.1, 0.15) is 40.7 Å². The highest BCUT2D eigenvalue weighted by Gasteiger charge is 2.45. The molecule has 1 saturated heterocycles. The minimum atomic E-state index is -1.30. The molecular formula is C25H29N5O6. The highest BCUT2D eigenvalue weighted by molar-refractivity contribution is 6.35. The number of carboxylic acids is 1. The van der Waals surface area contributed by atoms with Gasteiger partial charge in [-0.3, -0.25) is 24.6 Å². The summed E-state index contributed by atoms with van der Waals surface area (Å²) in [6.45, 7) is 0.562. The highest BCUT2D eigenvalue weighted by Crippen LogP contribution is 2.38. The Labute approximate surface area is 208 Å². The molecule has 3 amide bonds. The highest BCUT2D eigenvalue weighted by atomic mass is 16.5. The second-order valence-electron chi connectivity index (χ2n) is 8.39. The number of benzene rings is 2. The fourth-order valence-corrected chi connectivity index (χ4v) is 4.35. The average Bonchev–Trinajstić information content (AvgIpc) is 2.87. The van der Waals surface area contributed by atoms with Gasteiger partial charge in [-0.2, -0.15) is 0 Å². The third-order valence-electron chi connectivity index (χ3n) is 6.16. The van der Waals surface area contributed by atoms with E-state index in [0.29, 0.717) is 28.9 Å². The number of methoxy groups -OCH3 is 1. The second kappa shape index (κ2) is 11.3. The van der Waals surface area contributed by atoms with Crippen LogP contribution >= 0.6 is 0 Å². The topological polar surface area (TPSA) is 175 Å². The van der Waals surface area contributed by atoms with E-state index in [1.54, 1.807) is 48.5 Å². The number of carbonyl (C=O) groups is 4. The molecule has 1 unspecified atom stereocenters. The van der Waals surface area contributed by atoms with Gasteiger partial charge >= 0.3 is 17.8 Å². The molecule has 0 spiro atoms. The number of ether oxygens (including phenoxy) is 1. The first-order chi connectivity index (χ1) is 17.2. The standard InChI is InChI=1S/C25H29N5O6/c1-36-19-9-7-18(8-10-19)25(15-20(31)32,30-14-13-29-23(34)24(30)35)11-2-12-28-22(33)17-5-3-16(4-6-17)21(26)27/h3-10H,2,11-15H2,1H3,(H3,26,27)(H,28,33)(H,29,34)(H,31,32). The normalized spacial score (nSPS) is 15.0. The number of hydrogen-bond donors (Lipinski definition) is 5. The number of carboxylic acid groups (broad SMARTS) is 1. The minimum Gasteiger partial charge on any atom is -0.497 e. The van der Waals surface area contributed by atoms with Crippen LogP contribution in [0.2, 0.25) is 0 Å². The summed E-state index contributed by atoms with van der Waals surface area (Å²) in [5.74, 6) is -2.59. The van der Waals surface area contributed by atoms with Gasteiger partial charge in [0, 0.05) is 30.8 Å². The summed E-state index contributed by atoms with van der Waals surface area (Å²) < 4.78 is 5.21. The molecule has 1 heterocycles. The number of aliphatic carboxylic acids is 1. The number of hydrogen-bond acceptors (Lipinski definition) is 6. The van der Waals surface area contributed by atoms with Crippen molar-refractivity contribution in [3.8, 4) is 5.75 Å². The number of carbonyl (C=O) groups excluding carboxylic acids is 3. The molecule has 1 aliphatic heterocycles. The summed E-state index contributed by atoms with van der Waals surface area (Å²) in [4.78, 5) is 50.9. The lowest BCUT2D eigenvalue weighted by Crippen LogP contribution is -2.60. The molecule has 190 valence electrons. The van der Waals surface area contributed by atoms with Crippen LogP contribution in [-0.4, -0.2) is 66.3 Å². The largest absolute Gasteiger partial charge is 0.497 e. The molecule has 1 atom stereocenters. The molecular weight excluding hydrogens is 466 g/mol. The van der Waals surface area contributed by atoms with Crippen LogP contribution in [0.5, 0.6) is 5.75 Å².